The molecule has 3 fully saturated rings. The summed E-state index contributed by atoms with van der Waals surface area (Å²) in [5, 5.41) is 7.50. The summed E-state index contributed by atoms with van der Waals surface area (Å²) in [6, 6.07) is 16.9. The summed E-state index contributed by atoms with van der Waals surface area (Å²) in [6.07, 6.45) is 10.8. The number of aromatic nitrogens is 4. The van der Waals surface area contributed by atoms with E-state index in [1.165, 1.54) is 18.4 Å². The normalized spacial score (nSPS) is 19.6. The first-order valence-electron chi connectivity index (χ1n) is 15.6. The Hall–Kier alpha value is -4.96. The average molecular weight is 601 g/mol. The van der Waals surface area contributed by atoms with Crippen molar-refractivity contribution in [3.8, 4) is 28.1 Å². The molecule has 10 heteroatoms. The average Bonchev–Trinajstić information content (AvgIpc) is 3.59. The Balaban J connectivity index is 1.20. The van der Waals surface area contributed by atoms with Crippen LogP contribution in [0.4, 0.5) is 23.0 Å². The van der Waals surface area contributed by atoms with Crippen LogP contribution in [0.3, 0.4) is 0 Å². The van der Waals surface area contributed by atoms with Gasteiger partial charge in [-0.15, -0.1) is 0 Å². The number of anilines is 4. The quantitative estimate of drug-likeness (QED) is 0.205. The van der Waals surface area contributed by atoms with Crippen molar-refractivity contribution in [1.29, 1.82) is 0 Å². The second-order valence-electron chi connectivity index (χ2n) is 12.5. The molecule has 10 nitrogen and oxygen atoms in total. The fraction of sp³-hybridized carbons (Fsp3) is 0.314. The van der Waals surface area contributed by atoms with Crippen LogP contribution in [0.15, 0.2) is 73.3 Å². The van der Waals surface area contributed by atoms with E-state index in [1.807, 2.05) is 36.7 Å². The maximum absolute atomic E-state index is 11.7. The first-order valence-corrected chi connectivity index (χ1v) is 15.6. The molecule has 8 rings (SSSR count). The molecule has 2 saturated heterocycles. The largest absolute Gasteiger partial charge is 0.494 e. The summed E-state index contributed by atoms with van der Waals surface area (Å²) in [7, 11) is 3.85. The van der Waals surface area contributed by atoms with E-state index in [4.69, 9.17) is 14.7 Å². The van der Waals surface area contributed by atoms with Gasteiger partial charge in [0.15, 0.2) is 0 Å². The highest BCUT2D eigenvalue weighted by Gasteiger charge is 2.39. The third-order valence-corrected chi connectivity index (χ3v) is 9.49. The molecule has 228 valence electrons. The smallest absolute Gasteiger partial charge is 0.227 e. The zero-order chi connectivity index (χ0) is 30.5. The maximum Gasteiger partial charge on any atom is 0.227 e. The number of para-hydroxylation sites is 1. The van der Waals surface area contributed by atoms with Crippen LogP contribution in [0.5, 0.6) is 5.75 Å². The number of amides is 1. The number of carbonyl (C=O) groups is 1. The van der Waals surface area contributed by atoms with Crippen LogP contribution < -0.4 is 20.3 Å². The number of fused-ring (bicyclic) bond motifs is 2. The fourth-order valence-electron chi connectivity index (χ4n) is 7.25. The van der Waals surface area contributed by atoms with Gasteiger partial charge < -0.3 is 29.7 Å². The Labute approximate surface area is 262 Å². The Morgan fingerprint density at radius 2 is 1.78 bits per heavy atom. The van der Waals surface area contributed by atoms with Gasteiger partial charge in [0.1, 0.15) is 5.75 Å². The van der Waals surface area contributed by atoms with E-state index in [0.717, 1.165) is 71.7 Å². The molecule has 1 aliphatic carbocycles. The van der Waals surface area contributed by atoms with Crippen LogP contribution in [-0.4, -0.2) is 71.2 Å². The Kier molecular flexibility index (Phi) is 6.86. The van der Waals surface area contributed by atoms with Crippen LogP contribution in [0.25, 0.3) is 33.3 Å². The number of nitrogens with zero attached hydrogens (tertiary/aromatic N) is 6. The van der Waals surface area contributed by atoms with Gasteiger partial charge in [-0.2, -0.15) is 0 Å². The fourth-order valence-corrected chi connectivity index (χ4v) is 7.25. The standard InChI is InChI=1S/C35H36N8O2/c1-41-16-23-18-42(19-24(23)17-41)32-13-33(45-2)30(12-29(32)38-21-44)39-35-37-15-27(22-6-5-11-36-14-22)34(40-35)28-20-43(25-9-10-25)31-8-4-3-7-26(28)31/h3-8,11-15,20-21,23-25H,9-10,16-19H2,1-2H3,(H,38,44)(H,37,39,40). The number of pyridine rings is 1. The zero-order valence-electron chi connectivity index (χ0n) is 25.5. The molecule has 0 spiro atoms. The van der Waals surface area contributed by atoms with Crippen LogP contribution >= 0.6 is 0 Å². The number of ether oxygens (including phenoxy) is 1. The molecule has 2 atom stereocenters. The molecule has 3 aliphatic rings. The van der Waals surface area contributed by atoms with Gasteiger partial charge in [0.05, 0.1) is 29.9 Å². The summed E-state index contributed by atoms with van der Waals surface area (Å²) in [4.78, 5) is 30.7. The van der Waals surface area contributed by atoms with Gasteiger partial charge in [-0.05, 0) is 49.9 Å². The van der Waals surface area contributed by atoms with Gasteiger partial charge in [-0.3, -0.25) is 9.78 Å². The molecule has 3 aromatic heterocycles. The van der Waals surface area contributed by atoms with Crippen LogP contribution in [0, 0.1) is 11.8 Å². The van der Waals surface area contributed by atoms with Crippen molar-refractivity contribution in [3.63, 3.8) is 0 Å². The lowest BCUT2D eigenvalue weighted by Crippen LogP contribution is -2.27. The summed E-state index contributed by atoms with van der Waals surface area (Å²) >= 11 is 0. The predicted molar refractivity (Wildman–Crippen MR) is 177 cm³/mol. The molecule has 2 N–H and O–H groups in total. The number of methoxy groups -OCH3 is 1. The molecular weight excluding hydrogens is 564 g/mol. The highest BCUT2D eigenvalue weighted by molar-refractivity contribution is 5.99. The van der Waals surface area contributed by atoms with Gasteiger partial charge in [0.25, 0.3) is 0 Å². The molecule has 2 unspecified atom stereocenters. The lowest BCUT2D eigenvalue weighted by Gasteiger charge is -2.25. The monoisotopic (exact) mass is 600 g/mol. The van der Waals surface area contributed by atoms with Crippen molar-refractivity contribution >= 4 is 40.3 Å². The molecule has 2 aliphatic heterocycles. The highest BCUT2D eigenvalue weighted by Crippen LogP contribution is 2.44. The lowest BCUT2D eigenvalue weighted by atomic mass is 10.0. The molecule has 45 heavy (non-hydrogen) atoms. The maximum atomic E-state index is 11.7. The van der Waals surface area contributed by atoms with E-state index in [0.29, 0.717) is 35.3 Å². The van der Waals surface area contributed by atoms with Crippen LogP contribution in [0.2, 0.25) is 0 Å². The zero-order valence-corrected chi connectivity index (χ0v) is 25.5. The van der Waals surface area contributed by atoms with E-state index in [9.17, 15) is 4.79 Å². The molecule has 1 amide bonds. The third-order valence-electron chi connectivity index (χ3n) is 9.49. The highest BCUT2D eigenvalue weighted by atomic mass is 16.5. The second kappa shape index (κ2) is 11.2. The minimum Gasteiger partial charge on any atom is -0.494 e. The number of likely N-dealkylation sites (tertiary alicyclic amines) is 1. The SMILES string of the molecule is COc1cc(N2CC3CN(C)CC3C2)c(NC=O)cc1Nc1ncc(-c2cccnc2)c(-c2cn(C3CC3)c3ccccc23)n1. The molecule has 5 heterocycles. The van der Waals surface area contributed by atoms with Crippen molar-refractivity contribution in [2.75, 3.05) is 55.9 Å². The van der Waals surface area contributed by atoms with E-state index >= 15 is 0 Å². The van der Waals surface area contributed by atoms with Crippen molar-refractivity contribution in [3.05, 3.63) is 73.3 Å². The molecule has 0 bridgehead atoms. The number of hydrogen-bond donors (Lipinski definition) is 2. The van der Waals surface area contributed by atoms with Gasteiger partial charge in [-0.1, -0.05) is 24.3 Å². The molecule has 5 aromatic rings. The van der Waals surface area contributed by atoms with Crippen molar-refractivity contribution in [2.45, 2.75) is 18.9 Å². The van der Waals surface area contributed by atoms with E-state index in [-0.39, 0.29) is 0 Å². The lowest BCUT2D eigenvalue weighted by molar-refractivity contribution is -0.105. The summed E-state index contributed by atoms with van der Waals surface area (Å²) < 4.78 is 8.27. The van der Waals surface area contributed by atoms with E-state index in [1.54, 1.807) is 13.3 Å². The second-order valence-corrected chi connectivity index (χ2v) is 12.5. The molecule has 0 radical (unpaired) electrons. The van der Waals surface area contributed by atoms with Gasteiger partial charge in [0.2, 0.25) is 12.4 Å². The number of carbonyl (C=O) groups excluding carboxylic acids is 1. The van der Waals surface area contributed by atoms with Gasteiger partial charge >= 0.3 is 0 Å². The number of rotatable bonds is 9. The molecule has 1 saturated carbocycles. The minimum absolute atomic E-state index is 0.433. The van der Waals surface area contributed by atoms with Crippen molar-refractivity contribution in [1.82, 2.24) is 24.4 Å². The summed E-state index contributed by atoms with van der Waals surface area (Å²) in [5.41, 5.74) is 7.30. The number of benzene rings is 2. The van der Waals surface area contributed by atoms with Crippen molar-refractivity contribution in [2.24, 2.45) is 11.8 Å². The van der Waals surface area contributed by atoms with E-state index < -0.39 is 0 Å². The molecular formula is C35H36N8O2. The van der Waals surface area contributed by atoms with Gasteiger partial charge in [0, 0.05) is 90.7 Å². The van der Waals surface area contributed by atoms with Gasteiger partial charge in [-0.25, -0.2) is 9.97 Å². The minimum atomic E-state index is 0.433. The predicted octanol–water partition coefficient (Wildman–Crippen LogP) is 5.81. The molecule has 2 aromatic carbocycles. The van der Waals surface area contributed by atoms with Crippen LogP contribution in [0.1, 0.15) is 18.9 Å². The number of hydrogen-bond acceptors (Lipinski definition) is 8. The van der Waals surface area contributed by atoms with Crippen molar-refractivity contribution < 1.29 is 9.53 Å². The number of nitrogens with one attached hydrogen (secondary N) is 2. The van der Waals surface area contributed by atoms with E-state index in [2.05, 4.69) is 67.5 Å². The van der Waals surface area contributed by atoms with Crippen LogP contribution in [-0.2, 0) is 4.79 Å². The summed E-state index contributed by atoms with van der Waals surface area (Å²) in [5.74, 6) is 2.34. The topological polar surface area (TPSA) is 100 Å². The Morgan fingerprint density at radius 3 is 2.51 bits per heavy atom. The Bertz CT molecular complexity index is 1870. The first-order chi connectivity index (χ1) is 22.1. The first kappa shape index (κ1) is 27.6. The Morgan fingerprint density at radius 1 is 0.956 bits per heavy atom. The summed E-state index contributed by atoms with van der Waals surface area (Å²) in [6.45, 7) is 4.11. The third kappa shape index (κ3) is 5.04.